The predicted molar refractivity (Wildman–Crippen MR) is 76.7 cm³/mol. The van der Waals surface area contributed by atoms with E-state index in [1.54, 1.807) is 12.1 Å². The van der Waals surface area contributed by atoms with Gasteiger partial charge in [0, 0.05) is 12.1 Å². The van der Waals surface area contributed by atoms with Gasteiger partial charge in [-0.15, -0.1) is 0 Å². The molecule has 1 atom stereocenters. The van der Waals surface area contributed by atoms with Gasteiger partial charge in [-0.3, -0.25) is 0 Å². The molecule has 1 aromatic rings. The minimum Gasteiger partial charge on any atom is -0.311 e. The second-order valence-electron chi connectivity index (χ2n) is 6.42. The van der Waals surface area contributed by atoms with Gasteiger partial charge < -0.3 is 5.32 Å². The van der Waals surface area contributed by atoms with Crippen LogP contribution in [0.3, 0.4) is 0 Å². The highest BCUT2D eigenvalue weighted by Gasteiger charge is 2.32. The molecule has 2 saturated carbocycles. The zero-order valence-corrected chi connectivity index (χ0v) is 11.7. The van der Waals surface area contributed by atoms with Crippen molar-refractivity contribution in [2.45, 2.75) is 63.5 Å². The first-order valence-corrected chi connectivity index (χ1v) is 7.74. The summed E-state index contributed by atoms with van der Waals surface area (Å²) in [6.07, 6.45) is 8.06. The zero-order valence-electron chi connectivity index (χ0n) is 11.7. The molecule has 19 heavy (non-hydrogen) atoms. The minimum absolute atomic E-state index is 0.132. The summed E-state index contributed by atoms with van der Waals surface area (Å²) in [5.74, 6) is 1.39. The Morgan fingerprint density at radius 3 is 2.37 bits per heavy atom. The molecule has 1 N–H and O–H groups in total. The SMILES string of the molecule is C[C@@H](NC1CC(c2ccc(F)cc2)C1)C1CCCC1. The first kappa shape index (κ1) is 13.1. The lowest BCUT2D eigenvalue weighted by Crippen LogP contribution is -2.46. The Labute approximate surface area is 115 Å². The van der Waals surface area contributed by atoms with Gasteiger partial charge in [0.25, 0.3) is 0 Å². The molecule has 0 radical (unpaired) electrons. The monoisotopic (exact) mass is 261 g/mol. The van der Waals surface area contributed by atoms with Crippen LogP contribution in [-0.2, 0) is 0 Å². The van der Waals surface area contributed by atoms with Gasteiger partial charge in [0.2, 0.25) is 0 Å². The van der Waals surface area contributed by atoms with Gasteiger partial charge in [-0.2, -0.15) is 0 Å². The van der Waals surface area contributed by atoms with E-state index in [1.807, 2.05) is 12.1 Å². The summed E-state index contributed by atoms with van der Waals surface area (Å²) in [6, 6.07) is 8.38. The first-order chi connectivity index (χ1) is 9.22. The van der Waals surface area contributed by atoms with Crippen LogP contribution in [0.2, 0.25) is 0 Å². The third kappa shape index (κ3) is 3.00. The van der Waals surface area contributed by atoms with E-state index in [-0.39, 0.29) is 5.82 Å². The molecule has 0 amide bonds. The Hall–Kier alpha value is -0.890. The molecular weight excluding hydrogens is 237 g/mol. The van der Waals surface area contributed by atoms with Gasteiger partial charge in [-0.25, -0.2) is 4.39 Å². The average molecular weight is 261 g/mol. The molecule has 1 aromatic carbocycles. The molecule has 3 rings (SSSR count). The van der Waals surface area contributed by atoms with E-state index in [1.165, 1.54) is 44.1 Å². The maximum Gasteiger partial charge on any atom is 0.123 e. The summed E-state index contributed by atoms with van der Waals surface area (Å²) in [4.78, 5) is 0. The van der Waals surface area contributed by atoms with Crippen LogP contribution < -0.4 is 5.32 Å². The molecule has 0 saturated heterocycles. The molecule has 1 nitrogen and oxygen atoms in total. The standard InChI is InChI=1S/C17H24FN/c1-12(13-4-2-3-5-13)19-17-10-15(11-17)14-6-8-16(18)9-7-14/h6-9,12-13,15,17,19H,2-5,10-11H2,1H3/t12-,15?,17?/m1/s1. The van der Waals surface area contributed by atoms with Gasteiger partial charge in [0.1, 0.15) is 5.82 Å². The number of halogens is 1. The third-order valence-corrected chi connectivity index (χ3v) is 5.09. The lowest BCUT2D eigenvalue weighted by molar-refractivity contribution is 0.239. The largest absolute Gasteiger partial charge is 0.311 e. The number of nitrogens with one attached hydrogen (secondary N) is 1. The predicted octanol–water partition coefficient (Wildman–Crippen LogP) is 4.24. The molecule has 0 aromatic heterocycles. The number of hydrogen-bond donors (Lipinski definition) is 1. The molecule has 0 heterocycles. The Balaban J connectivity index is 1.46. The molecule has 104 valence electrons. The molecule has 0 unspecified atom stereocenters. The molecule has 0 bridgehead atoms. The Morgan fingerprint density at radius 2 is 1.74 bits per heavy atom. The molecule has 2 aliphatic rings. The lowest BCUT2D eigenvalue weighted by atomic mass is 9.75. The van der Waals surface area contributed by atoms with Crippen LogP contribution in [0.5, 0.6) is 0 Å². The molecule has 2 heteroatoms. The van der Waals surface area contributed by atoms with Gasteiger partial charge in [-0.05, 0) is 62.1 Å². The average Bonchev–Trinajstić information content (AvgIpc) is 2.88. The van der Waals surface area contributed by atoms with E-state index < -0.39 is 0 Å². The molecule has 0 spiro atoms. The van der Waals surface area contributed by atoms with Crippen LogP contribution >= 0.6 is 0 Å². The van der Waals surface area contributed by atoms with Crippen molar-refractivity contribution < 1.29 is 4.39 Å². The van der Waals surface area contributed by atoms with E-state index >= 15 is 0 Å². The number of rotatable bonds is 4. The quantitative estimate of drug-likeness (QED) is 0.854. The van der Waals surface area contributed by atoms with Crippen molar-refractivity contribution in [1.29, 1.82) is 0 Å². The molecular formula is C17H24FN. The second-order valence-corrected chi connectivity index (χ2v) is 6.42. The van der Waals surface area contributed by atoms with Crippen LogP contribution in [0.25, 0.3) is 0 Å². The van der Waals surface area contributed by atoms with Crippen LogP contribution in [0, 0.1) is 11.7 Å². The summed E-state index contributed by atoms with van der Waals surface area (Å²) >= 11 is 0. The third-order valence-electron chi connectivity index (χ3n) is 5.09. The van der Waals surface area contributed by atoms with Gasteiger partial charge in [0.05, 0.1) is 0 Å². The summed E-state index contributed by atoms with van der Waals surface area (Å²) in [5.41, 5.74) is 1.30. The fourth-order valence-corrected chi connectivity index (χ4v) is 3.73. The molecule has 0 aliphatic heterocycles. The van der Waals surface area contributed by atoms with Crippen LogP contribution in [-0.4, -0.2) is 12.1 Å². The summed E-state index contributed by atoms with van der Waals surface area (Å²) < 4.78 is 12.9. The zero-order chi connectivity index (χ0) is 13.2. The van der Waals surface area contributed by atoms with Crippen LogP contribution in [0.15, 0.2) is 24.3 Å². The van der Waals surface area contributed by atoms with Crippen LogP contribution in [0.1, 0.15) is 56.9 Å². The molecule has 2 fully saturated rings. The second kappa shape index (κ2) is 5.62. The van der Waals surface area contributed by atoms with Crippen molar-refractivity contribution >= 4 is 0 Å². The smallest absolute Gasteiger partial charge is 0.123 e. The first-order valence-electron chi connectivity index (χ1n) is 7.74. The summed E-state index contributed by atoms with van der Waals surface area (Å²) in [5, 5.41) is 3.80. The maximum absolute atomic E-state index is 12.9. The fraction of sp³-hybridized carbons (Fsp3) is 0.647. The van der Waals surface area contributed by atoms with Crippen molar-refractivity contribution in [2.24, 2.45) is 5.92 Å². The highest BCUT2D eigenvalue weighted by Crippen LogP contribution is 2.38. The van der Waals surface area contributed by atoms with E-state index in [9.17, 15) is 4.39 Å². The lowest BCUT2D eigenvalue weighted by Gasteiger charge is -2.39. The van der Waals surface area contributed by atoms with Crippen molar-refractivity contribution in [2.75, 3.05) is 0 Å². The Morgan fingerprint density at radius 1 is 1.11 bits per heavy atom. The summed E-state index contributed by atoms with van der Waals surface area (Å²) in [6.45, 7) is 2.35. The fourth-order valence-electron chi connectivity index (χ4n) is 3.73. The Bertz CT molecular complexity index is 402. The Kier molecular flexibility index (Phi) is 3.88. The van der Waals surface area contributed by atoms with E-state index in [4.69, 9.17) is 0 Å². The normalized spacial score (nSPS) is 29.2. The van der Waals surface area contributed by atoms with E-state index in [2.05, 4.69) is 12.2 Å². The highest BCUT2D eigenvalue weighted by molar-refractivity contribution is 5.23. The summed E-state index contributed by atoms with van der Waals surface area (Å²) in [7, 11) is 0. The van der Waals surface area contributed by atoms with Crippen molar-refractivity contribution in [3.05, 3.63) is 35.6 Å². The van der Waals surface area contributed by atoms with E-state index in [0.29, 0.717) is 18.0 Å². The van der Waals surface area contributed by atoms with Gasteiger partial charge >= 0.3 is 0 Å². The topological polar surface area (TPSA) is 12.0 Å². The molecule has 2 aliphatic carbocycles. The van der Waals surface area contributed by atoms with Crippen molar-refractivity contribution in [3.63, 3.8) is 0 Å². The van der Waals surface area contributed by atoms with Crippen molar-refractivity contribution in [3.8, 4) is 0 Å². The van der Waals surface area contributed by atoms with Gasteiger partial charge in [-0.1, -0.05) is 25.0 Å². The van der Waals surface area contributed by atoms with E-state index in [0.717, 1.165) is 5.92 Å². The highest BCUT2D eigenvalue weighted by atomic mass is 19.1. The maximum atomic E-state index is 12.9. The minimum atomic E-state index is -0.132. The number of benzene rings is 1. The van der Waals surface area contributed by atoms with Crippen molar-refractivity contribution in [1.82, 2.24) is 5.32 Å². The van der Waals surface area contributed by atoms with Gasteiger partial charge in [0.15, 0.2) is 0 Å². The van der Waals surface area contributed by atoms with Crippen LogP contribution in [0.4, 0.5) is 4.39 Å². The number of hydrogen-bond acceptors (Lipinski definition) is 1.